The number of hydrogen-bond acceptors (Lipinski definition) is 4. The Morgan fingerprint density at radius 1 is 1.48 bits per heavy atom. The van der Waals surface area contributed by atoms with Crippen molar-refractivity contribution in [3.05, 3.63) is 24.0 Å². The maximum atomic E-state index is 12.3. The first-order chi connectivity index (χ1) is 10.1. The van der Waals surface area contributed by atoms with Crippen LogP contribution in [-0.2, 0) is 0 Å². The number of amides is 1. The third-order valence-corrected chi connectivity index (χ3v) is 3.49. The van der Waals surface area contributed by atoms with Gasteiger partial charge in [0.25, 0.3) is 12.3 Å². The second kappa shape index (κ2) is 7.31. The van der Waals surface area contributed by atoms with Crippen LogP contribution in [0.5, 0.6) is 5.75 Å². The van der Waals surface area contributed by atoms with Gasteiger partial charge in [0.05, 0.1) is 0 Å². The van der Waals surface area contributed by atoms with E-state index in [1.165, 1.54) is 18.3 Å². The molecule has 1 aliphatic rings. The number of piperidine rings is 1. The molecule has 1 N–H and O–H groups in total. The summed E-state index contributed by atoms with van der Waals surface area (Å²) in [5, 5.41) is 9.08. The van der Waals surface area contributed by atoms with Crippen molar-refractivity contribution in [3.8, 4) is 5.75 Å². The van der Waals surface area contributed by atoms with Gasteiger partial charge >= 0.3 is 0 Å². The highest BCUT2D eigenvalue weighted by Crippen LogP contribution is 2.19. The first-order valence-electron chi connectivity index (χ1n) is 6.87. The van der Waals surface area contributed by atoms with Crippen LogP contribution in [0.15, 0.2) is 18.3 Å². The molecule has 0 spiro atoms. The first-order valence-corrected chi connectivity index (χ1v) is 6.87. The smallest absolute Gasteiger partial charge is 0.272 e. The molecule has 1 fully saturated rings. The number of carbonyl (C=O) groups is 1. The molecule has 0 radical (unpaired) electrons. The third kappa shape index (κ3) is 4.35. The predicted molar refractivity (Wildman–Crippen MR) is 71.4 cm³/mol. The Morgan fingerprint density at radius 3 is 2.81 bits per heavy atom. The van der Waals surface area contributed by atoms with Gasteiger partial charge in [0.15, 0.2) is 0 Å². The number of ether oxygens (including phenoxy) is 1. The van der Waals surface area contributed by atoms with Gasteiger partial charge in [-0.25, -0.2) is 8.78 Å². The summed E-state index contributed by atoms with van der Waals surface area (Å²) in [6, 6.07) is 2.82. The number of aliphatic hydroxyl groups excluding tert-OH is 1. The van der Waals surface area contributed by atoms with E-state index in [0.29, 0.717) is 13.1 Å². The quantitative estimate of drug-likeness (QED) is 0.896. The topological polar surface area (TPSA) is 62.7 Å². The fraction of sp³-hybridized carbons (Fsp3) is 0.571. The van der Waals surface area contributed by atoms with E-state index in [4.69, 9.17) is 9.84 Å². The van der Waals surface area contributed by atoms with E-state index in [9.17, 15) is 13.6 Å². The monoisotopic (exact) mass is 300 g/mol. The molecule has 21 heavy (non-hydrogen) atoms. The van der Waals surface area contributed by atoms with Crippen molar-refractivity contribution in [2.45, 2.75) is 19.3 Å². The largest absolute Gasteiger partial charge is 0.488 e. The molecule has 1 saturated heterocycles. The number of aliphatic hydroxyl groups is 1. The Hall–Kier alpha value is -1.76. The molecule has 1 aromatic rings. The van der Waals surface area contributed by atoms with E-state index in [2.05, 4.69) is 4.98 Å². The molecule has 0 bridgehead atoms. The Kier molecular flexibility index (Phi) is 5.44. The maximum Gasteiger partial charge on any atom is 0.272 e. The summed E-state index contributed by atoms with van der Waals surface area (Å²) in [6.07, 6.45) is 0.317. The summed E-state index contributed by atoms with van der Waals surface area (Å²) in [4.78, 5) is 17.9. The van der Waals surface area contributed by atoms with Crippen LogP contribution in [0.1, 0.15) is 23.3 Å². The molecule has 2 heterocycles. The lowest BCUT2D eigenvalue weighted by atomic mass is 9.98. The van der Waals surface area contributed by atoms with Crippen LogP contribution in [0.3, 0.4) is 0 Å². The van der Waals surface area contributed by atoms with Crippen LogP contribution in [-0.4, -0.2) is 53.6 Å². The average Bonchev–Trinajstić information content (AvgIpc) is 2.52. The molecule has 1 aliphatic heterocycles. The number of carbonyl (C=O) groups excluding carboxylic acids is 1. The van der Waals surface area contributed by atoms with Gasteiger partial charge in [-0.1, -0.05) is 0 Å². The SMILES string of the molecule is O=C(c1cc(OCC(F)F)ccn1)N1CCC(CO)CC1. The van der Waals surface area contributed by atoms with Crippen molar-refractivity contribution >= 4 is 5.91 Å². The molecule has 1 aromatic heterocycles. The van der Waals surface area contributed by atoms with Gasteiger partial charge in [0.2, 0.25) is 0 Å². The number of rotatable bonds is 5. The summed E-state index contributed by atoms with van der Waals surface area (Å²) in [6.45, 7) is 0.554. The molecular formula is C14H18F2N2O3. The van der Waals surface area contributed by atoms with Crippen molar-refractivity contribution < 1.29 is 23.4 Å². The van der Waals surface area contributed by atoms with E-state index in [1.807, 2.05) is 0 Å². The highest BCUT2D eigenvalue weighted by molar-refractivity contribution is 5.92. The van der Waals surface area contributed by atoms with Crippen molar-refractivity contribution in [1.82, 2.24) is 9.88 Å². The number of pyridine rings is 1. The van der Waals surface area contributed by atoms with Crippen molar-refractivity contribution in [3.63, 3.8) is 0 Å². The minimum absolute atomic E-state index is 0.136. The molecule has 7 heteroatoms. The summed E-state index contributed by atoms with van der Waals surface area (Å²) in [5.74, 6) is 0.204. The summed E-state index contributed by atoms with van der Waals surface area (Å²) in [7, 11) is 0. The summed E-state index contributed by atoms with van der Waals surface area (Å²) in [5.41, 5.74) is 0.184. The molecule has 5 nitrogen and oxygen atoms in total. The van der Waals surface area contributed by atoms with Crippen LogP contribution < -0.4 is 4.74 Å². The lowest BCUT2D eigenvalue weighted by Crippen LogP contribution is -2.39. The van der Waals surface area contributed by atoms with Gasteiger partial charge < -0.3 is 14.7 Å². The number of nitrogens with zero attached hydrogens (tertiary/aromatic N) is 2. The molecule has 0 aliphatic carbocycles. The van der Waals surface area contributed by atoms with Gasteiger partial charge in [-0.3, -0.25) is 9.78 Å². The number of aromatic nitrogens is 1. The molecule has 0 atom stereocenters. The van der Waals surface area contributed by atoms with Gasteiger partial charge in [0, 0.05) is 32.0 Å². The van der Waals surface area contributed by atoms with E-state index in [0.717, 1.165) is 12.8 Å². The Bertz CT molecular complexity index is 477. The summed E-state index contributed by atoms with van der Waals surface area (Å²) < 4.78 is 29.1. The van der Waals surface area contributed by atoms with E-state index in [-0.39, 0.29) is 29.9 Å². The summed E-state index contributed by atoms with van der Waals surface area (Å²) >= 11 is 0. The standard InChI is InChI=1S/C14H18F2N2O3/c15-13(16)9-21-11-1-4-17-12(7-11)14(20)18-5-2-10(8-19)3-6-18/h1,4,7,10,13,19H,2-3,5-6,8-9H2. The molecule has 0 unspecified atom stereocenters. The van der Waals surface area contributed by atoms with Crippen LogP contribution >= 0.6 is 0 Å². The fourth-order valence-electron chi connectivity index (χ4n) is 2.26. The predicted octanol–water partition coefficient (Wildman–Crippen LogP) is 1.57. The molecular weight excluding hydrogens is 282 g/mol. The van der Waals surface area contributed by atoms with Crippen molar-refractivity contribution in [2.24, 2.45) is 5.92 Å². The van der Waals surface area contributed by atoms with Gasteiger partial charge in [-0.2, -0.15) is 0 Å². The first kappa shape index (κ1) is 15.6. The lowest BCUT2D eigenvalue weighted by molar-refractivity contribution is 0.0643. The average molecular weight is 300 g/mol. The normalized spacial score (nSPS) is 16.3. The molecule has 116 valence electrons. The van der Waals surface area contributed by atoms with E-state index >= 15 is 0 Å². The van der Waals surface area contributed by atoms with Crippen molar-refractivity contribution in [1.29, 1.82) is 0 Å². The van der Waals surface area contributed by atoms with Crippen LogP contribution in [0.25, 0.3) is 0 Å². The lowest BCUT2D eigenvalue weighted by Gasteiger charge is -2.30. The Morgan fingerprint density at radius 2 is 2.19 bits per heavy atom. The molecule has 0 aromatic carbocycles. The molecule has 2 rings (SSSR count). The van der Waals surface area contributed by atoms with Gasteiger partial charge in [-0.05, 0) is 24.8 Å². The number of alkyl halides is 2. The fourth-order valence-corrected chi connectivity index (χ4v) is 2.26. The zero-order chi connectivity index (χ0) is 15.2. The van der Waals surface area contributed by atoms with E-state index < -0.39 is 13.0 Å². The minimum atomic E-state index is -2.56. The number of hydrogen-bond donors (Lipinski definition) is 1. The second-order valence-electron chi connectivity index (χ2n) is 5.00. The number of likely N-dealkylation sites (tertiary alicyclic amines) is 1. The van der Waals surface area contributed by atoms with Crippen LogP contribution in [0, 0.1) is 5.92 Å². The second-order valence-corrected chi connectivity index (χ2v) is 5.00. The Labute approximate surface area is 121 Å². The molecule has 1 amide bonds. The molecule has 0 saturated carbocycles. The minimum Gasteiger partial charge on any atom is -0.488 e. The Balaban J connectivity index is 1.97. The third-order valence-electron chi connectivity index (χ3n) is 3.49. The van der Waals surface area contributed by atoms with Crippen LogP contribution in [0.2, 0.25) is 0 Å². The van der Waals surface area contributed by atoms with Gasteiger partial charge in [-0.15, -0.1) is 0 Å². The van der Waals surface area contributed by atoms with E-state index in [1.54, 1.807) is 4.90 Å². The number of halogens is 2. The van der Waals surface area contributed by atoms with Crippen molar-refractivity contribution in [2.75, 3.05) is 26.3 Å². The highest BCUT2D eigenvalue weighted by atomic mass is 19.3. The zero-order valence-corrected chi connectivity index (χ0v) is 11.5. The van der Waals surface area contributed by atoms with Gasteiger partial charge in [0.1, 0.15) is 18.1 Å². The van der Waals surface area contributed by atoms with Crippen LogP contribution in [0.4, 0.5) is 8.78 Å². The maximum absolute atomic E-state index is 12.3. The zero-order valence-electron chi connectivity index (χ0n) is 11.5. The highest BCUT2D eigenvalue weighted by Gasteiger charge is 2.24.